The number of hydrogen-bond donors (Lipinski definition) is 1. The zero-order valence-corrected chi connectivity index (χ0v) is 15.5. The number of anilines is 2. The van der Waals surface area contributed by atoms with Gasteiger partial charge in [-0.1, -0.05) is 0 Å². The van der Waals surface area contributed by atoms with Gasteiger partial charge in [-0.05, 0) is 67.8 Å². The molecule has 26 heavy (non-hydrogen) atoms. The Kier molecular flexibility index (Phi) is 4.82. The van der Waals surface area contributed by atoms with E-state index in [0.29, 0.717) is 29.0 Å². The van der Waals surface area contributed by atoms with Crippen LogP contribution in [0.3, 0.4) is 0 Å². The highest BCUT2D eigenvalue weighted by molar-refractivity contribution is 7.92. The average molecular weight is 372 g/mol. The molecule has 7 heteroatoms. The Labute approximate surface area is 152 Å². The highest BCUT2D eigenvalue weighted by atomic mass is 32.2. The fraction of sp³-hybridized carbons (Fsp3) is 0.263. The predicted molar refractivity (Wildman–Crippen MR) is 101 cm³/mol. The summed E-state index contributed by atoms with van der Waals surface area (Å²) in [5.41, 5.74) is 3.13. The fourth-order valence-electron chi connectivity index (χ4n) is 3.04. The topological polar surface area (TPSA) is 83.6 Å². The highest BCUT2D eigenvalue weighted by Crippen LogP contribution is 2.30. The Morgan fingerprint density at radius 2 is 1.69 bits per heavy atom. The molecule has 3 rings (SSSR count). The van der Waals surface area contributed by atoms with Crippen LogP contribution in [-0.4, -0.2) is 32.9 Å². The number of amides is 1. The molecule has 1 amide bonds. The molecule has 0 radical (unpaired) electrons. The number of ketones is 1. The Balaban J connectivity index is 1.82. The Hall–Kier alpha value is -2.67. The minimum Gasteiger partial charge on any atom is -0.322 e. The number of rotatable bonds is 4. The quantitative estimate of drug-likeness (QED) is 0.837. The zero-order valence-electron chi connectivity index (χ0n) is 14.7. The van der Waals surface area contributed by atoms with Crippen molar-refractivity contribution in [3.63, 3.8) is 0 Å². The standard InChI is InChI=1S/C19H20N2O4S/c1-13(22)14-5-8-17(9-6-14)20-19(23)16-7-10-18-15(12-16)4-3-11-21(18)26(2,24)25/h5-10,12H,3-4,11H2,1-2H3,(H,20,23). The van der Waals surface area contributed by atoms with Gasteiger partial charge >= 0.3 is 0 Å². The molecule has 0 atom stereocenters. The SMILES string of the molecule is CC(=O)c1ccc(NC(=O)c2ccc3c(c2)CCCN3S(C)(=O)=O)cc1. The van der Waals surface area contributed by atoms with Crippen molar-refractivity contribution >= 4 is 33.1 Å². The van der Waals surface area contributed by atoms with E-state index in [9.17, 15) is 18.0 Å². The number of sulfonamides is 1. The number of nitrogens with one attached hydrogen (secondary N) is 1. The molecule has 0 bridgehead atoms. The molecule has 1 aliphatic heterocycles. The van der Waals surface area contributed by atoms with E-state index in [1.165, 1.54) is 17.5 Å². The smallest absolute Gasteiger partial charge is 0.255 e. The maximum atomic E-state index is 12.5. The number of carbonyl (C=O) groups excluding carboxylic acids is 2. The van der Waals surface area contributed by atoms with Crippen LogP contribution in [0.1, 0.15) is 39.6 Å². The summed E-state index contributed by atoms with van der Waals surface area (Å²) in [6.07, 6.45) is 2.64. The summed E-state index contributed by atoms with van der Waals surface area (Å²) < 4.78 is 25.2. The molecule has 1 heterocycles. The van der Waals surface area contributed by atoms with Crippen LogP contribution in [0, 0.1) is 0 Å². The van der Waals surface area contributed by atoms with E-state index in [0.717, 1.165) is 18.4 Å². The number of fused-ring (bicyclic) bond motifs is 1. The Morgan fingerprint density at radius 3 is 2.31 bits per heavy atom. The summed E-state index contributed by atoms with van der Waals surface area (Å²) in [5, 5.41) is 2.79. The van der Waals surface area contributed by atoms with Crippen molar-refractivity contribution in [2.24, 2.45) is 0 Å². The van der Waals surface area contributed by atoms with Gasteiger partial charge in [-0.2, -0.15) is 0 Å². The second-order valence-electron chi connectivity index (χ2n) is 6.37. The third-order valence-corrected chi connectivity index (χ3v) is 5.55. The van der Waals surface area contributed by atoms with Crippen LogP contribution in [0.4, 0.5) is 11.4 Å². The number of benzene rings is 2. The molecule has 0 fully saturated rings. The van der Waals surface area contributed by atoms with Gasteiger partial charge in [0.15, 0.2) is 5.78 Å². The van der Waals surface area contributed by atoms with Crippen molar-refractivity contribution in [2.45, 2.75) is 19.8 Å². The van der Waals surface area contributed by atoms with Crippen LogP contribution in [0.5, 0.6) is 0 Å². The number of hydrogen-bond acceptors (Lipinski definition) is 4. The lowest BCUT2D eigenvalue weighted by atomic mass is 10.0. The normalized spacial score (nSPS) is 13.8. The lowest BCUT2D eigenvalue weighted by Gasteiger charge is -2.29. The van der Waals surface area contributed by atoms with Crippen LogP contribution < -0.4 is 9.62 Å². The van der Waals surface area contributed by atoms with Gasteiger partial charge in [0, 0.05) is 23.4 Å². The van der Waals surface area contributed by atoms with Crippen molar-refractivity contribution in [3.8, 4) is 0 Å². The van der Waals surface area contributed by atoms with Gasteiger partial charge in [0.25, 0.3) is 5.91 Å². The minimum absolute atomic E-state index is 0.0343. The van der Waals surface area contributed by atoms with Gasteiger partial charge in [0.1, 0.15) is 0 Å². The van der Waals surface area contributed by atoms with E-state index < -0.39 is 10.0 Å². The van der Waals surface area contributed by atoms with Crippen LogP contribution in [0.2, 0.25) is 0 Å². The largest absolute Gasteiger partial charge is 0.322 e. The molecule has 0 saturated carbocycles. The van der Waals surface area contributed by atoms with Gasteiger partial charge in [-0.25, -0.2) is 8.42 Å². The van der Waals surface area contributed by atoms with Crippen molar-refractivity contribution in [1.82, 2.24) is 0 Å². The van der Waals surface area contributed by atoms with Gasteiger partial charge in [0.2, 0.25) is 10.0 Å². The first-order valence-corrected chi connectivity index (χ1v) is 10.1. The summed E-state index contributed by atoms with van der Waals surface area (Å²) in [6.45, 7) is 1.94. The monoisotopic (exact) mass is 372 g/mol. The molecule has 6 nitrogen and oxygen atoms in total. The zero-order chi connectivity index (χ0) is 18.9. The Morgan fingerprint density at radius 1 is 1.04 bits per heavy atom. The summed E-state index contributed by atoms with van der Waals surface area (Å²) >= 11 is 0. The van der Waals surface area contributed by atoms with E-state index in [-0.39, 0.29) is 11.7 Å². The molecule has 0 saturated heterocycles. The van der Waals surface area contributed by atoms with E-state index in [2.05, 4.69) is 5.32 Å². The number of aryl methyl sites for hydroxylation is 1. The van der Waals surface area contributed by atoms with Crippen molar-refractivity contribution in [2.75, 3.05) is 22.4 Å². The molecule has 0 spiro atoms. The molecule has 2 aromatic carbocycles. The lowest BCUT2D eigenvalue weighted by Crippen LogP contribution is -2.34. The molecule has 2 aromatic rings. The summed E-state index contributed by atoms with van der Waals surface area (Å²) in [5.74, 6) is -0.312. The first-order chi connectivity index (χ1) is 12.3. The van der Waals surface area contributed by atoms with Crippen molar-refractivity contribution in [1.29, 1.82) is 0 Å². The maximum Gasteiger partial charge on any atom is 0.255 e. The average Bonchev–Trinajstić information content (AvgIpc) is 2.60. The van der Waals surface area contributed by atoms with E-state index in [1.807, 2.05) is 0 Å². The lowest BCUT2D eigenvalue weighted by molar-refractivity contribution is 0.101. The molecule has 136 valence electrons. The molecule has 0 aromatic heterocycles. The van der Waals surface area contributed by atoms with Crippen molar-refractivity contribution < 1.29 is 18.0 Å². The molecule has 0 unspecified atom stereocenters. The Bertz CT molecular complexity index is 966. The van der Waals surface area contributed by atoms with Gasteiger partial charge in [0.05, 0.1) is 11.9 Å². The molecule has 1 N–H and O–H groups in total. The first kappa shape index (κ1) is 18.1. The van der Waals surface area contributed by atoms with Crippen LogP contribution >= 0.6 is 0 Å². The number of Topliss-reactive ketones (excluding diaryl/α,β-unsaturated/α-hetero) is 1. The fourth-order valence-corrected chi connectivity index (χ4v) is 4.04. The van der Waals surface area contributed by atoms with Crippen molar-refractivity contribution in [3.05, 3.63) is 59.2 Å². The van der Waals surface area contributed by atoms with E-state index in [1.54, 1.807) is 42.5 Å². The van der Waals surface area contributed by atoms with Gasteiger partial charge in [-0.3, -0.25) is 13.9 Å². The maximum absolute atomic E-state index is 12.5. The first-order valence-electron chi connectivity index (χ1n) is 8.29. The molecule has 0 aliphatic carbocycles. The van der Waals surface area contributed by atoms with Crippen LogP contribution in [-0.2, 0) is 16.4 Å². The third kappa shape index (κ3) is 3.77. The number of carbonyl (C=O) groups is 2. The summed E-state index contributed by atoms with van der Waals surface area (Å²) in [7, 11) is -3.33. The molecular weight excluding hydrogens is 352 g/mol. The summed E-state index contributed by atoms with van der Waals surface area (Å²) in [6, 6.07) is 11.7. The van der Waals surface area contributed by atoms with E-state index in [4.69, 9.17) is 0 Å². The molecule has 1 aliphatic rings. The van der Waals surface area contributed by atoms with E-state index >= 15 is 0 Å². The second-order valence-corrected chi connectivity index (χ2v) is 8.28. The highest BCUT2D eigenvalue weighted by Gasteiger charge is 2.24. The van der Waals surface area contributed by atoms with Gasteiger partial charge in [-0.15, -0.1) is 0 Å². The second kappa shape index (κ2) is 6.92. The number of nitrogens with zero attached hydrogens (tertiary/aromatic N) is 1. The minimum atomic E-state index is -3.33. The predicted octanol–water partition coefficient (Wildman–Crippen LogP) is 2.85. The summed E-state index contributed by atoms with van der Waals surface area (Å²) in [4.78, 5) is 23.8. The van der Waals surface area contributed by atoms with Crippen LogP contribution in [0.25, 0.3) is 0 Å². The third-order valence-electron chi connectivity index (χ3n) is 4.37. The molecular formula is C19H20N2O4S. The van der Waals surface area contributed by atoms with Gasteiger partial charge < -0.3 is 5.32 Å². The van der Waals surface area contributed by atoms with Crippen LogP contribution in [0.15, 0.2) is 42.5 Å².